The lowest BCUT2D eigenvalue weighted by atomic mass is 10.2. The number of hydrogen-bond acceptors (Lipinski definition) is 2. The van der Waals surface area contributed by atoms with Gasteiger partial charge in [0.05, 0.1) is 4.47 Å². The first-order valence-electron chi connectivity index (χ1n) is 5.52. The molecule has 1 saturated heterocycles. The van der Waals surface area contributed by atoms with Crippen molar-refractivity contribution in [2.75, 3.05) is 20.1 Å². The lowest BCUT2D eigenvalue weighted by Crippen LogP contribution is -2.29. The third-order valence-corrected chi connectivity index (χ3v) is 3.71. The summed E-state index contributed by atoms with van der Waals surface area (Å²) < 4.78 is 13.9. The molecule has 16 heavy (non-hydrogen) atoms. The quantitative estimate of drug-likeness (QED) is 0.918. The average Bonchev–Trinajstić information content (AvgIpc) is 2.71. The van der Waals surface area contributed by atoms with Gasteiger partial charge in [0.1, 0.15) is 5.82 Å². The van der Waals surface area contributed by atoms with E-state index >= 15 is 0 Å². The van der Waals surface area contributed by atoms with Crippen LogP contribution in [0.2, 0.25) is 0 Å². The number of benzene rings is 1. The van der Waals surface area contributed by atoms with E-state index in [1.165, 1.54) is 6.42 Å². The summed E-state index contributed by atoms with van der Waals surface area (Å²) in [4.78, 5) is 2.35. The summed E-state index contributed by atoms with van der Waals surface area (Å²) in [5, 5.41) is 3.28. The molecule has 1 heterocycles. The number of nitrogens with zero attached hydrogens (tertiary/aromatic N) is 1. The molecule has 0 spiro atoms. The Morgan fingerprint density at radius 3 is 3.00 bits per heavy atom. The molecular weight excluding hydrogens is 271 g/mol. The van der Waals surface area contributed by atoms with Crippen LogP contribution in [0.1, 0.15) is 12.0 Å². The molecule has 88 valence electrons. The van der Waals surface area contributed by atoms with Crippen LogP contribution in [0.5, 0.6) is 0 Å². The van der Waals surface area contributed by atoms with E-state index in [4.69, 9.17) is 0 Å². The summed E-state index contributed by atoms with van der Waals surface area (Å²) in [5.74, 6) is -0.179. The molecule has 2 nitrogen and oxygen atoms in total. The van der Waals surface area contributed by atoms with Crippen molar-refractivity contribution in [2.45, 2.75) is 19.0 Å². The highest BCUT2D eigenvalue weighted by atomic mass is 79.9. The summed E-state index contributed by atoms with van der Waals surface area (Å²) >= 11 is 3.16. The molecular formula is C12H16BrFN2. The van der Waals surface area contributed by atoms with Crippen LogP contribution >= 0.6 is 15.9 Å². The lowest BCUT2D eigenvalue weighted by Gasteiger charge is -2.16. The molecule has 1 unspecified atom stereocenters. The van der Waals surface area contributed by atoms with Crippen LogP contribution in [0.4, 0.5) is 4.39 Å². The van der Waals surface area contributed by atoms with Crippen molar-refractivity contribution in [3.05, 3.63) is 34.1 Å². The minimum absolute atomic E-state index is 0.179. The second-order valence-electron chi connectivity index (χ2n) is 4.26. The van der Waals surface area contributed by atoms with E-state index in [9.17, 15) is 4.39 Å². The zero-order valence-corrected chi connectivity index (χ0v) is 10.9. The van der Waals surface area contributed by atoms with Crippen LogP contribution in [0, 0.1) is 5.82 Å². The highest BCUT2D eigenvalue weighted by molar-refractivity contribution is 9.10. The molecule has 1 aromatic carbocycles. The first kappa shape index (κ1) is 12.0. The van der Waals surface area contributed by atoms with E-state index < -0.39 is 0 Å². The monoisotopic (exact) mass is 286 g/mol. The molecule has 1 N–H and O–H groups in total. The van der Waals surface area contributed by atoms with Gasteiger partial charge in [-0.3, -0.25) is 4.90 Å². The number of rotatable bonds is 3. The van der Waals surface area contributed by atoms with Crippen LogP contribution in [-0.4, -0.2) is 31.1 Å². The molecule has 0 bridgehead atoms. The van der Waals surface area contributed by atoms with Gasteiger partial charge in [-0.05, 0) is 47.1 Å². The molecule has 1 fully saturated rings. The molecule has 4 heteroatoms. The third kappa shape index (κ3) is 2.81. The Hall–Kier alpha value is -0.450. The Bertz CT molecular complexity index is 370. The summed E-state index contributed by atoms with van der Waals surface area (Å²) in [5.41, 5.74) is 1.04. The minimum atomic E-state index is -0.179. The van der Waals surface area contributed by atoms with Crippen molar-refractivity contribution in [1.82, 2.24) is 10.2 Å². The average molecular weight is 287 g/mol. The Balaban J connectivity index is 1.97. The Morgan fingerprint density at radius 1 is 1.56 bits per heavy atom. The third-order valence-electron chi connectivity index (χ3n) is 3.07. The maximum atomic E-state index is 13.3. The number of hydrogen-bond donors (Lipinski definition) is 1. The summed E-state index contributed by atoms with van der Waals surface area (Å²) in [6, 6.07) is 5.94. The van der Waals surface area contributed by atoms with Crippen LogP contribution < -0.4 is 5.32 Å². The van der Waals surface area contributed by atoms with Gasteiger partial charge in [0.15, 0.2) is 0 Å². The predicted octanol–water partition coefficient (Wildman–Crippen LogP) is 2.38. The first-order valence-corrected chi connectivity index (χ1v) is 6.32. The van der Waals surface area contributed by atoms with Gasteiger partial charge in [-0.15, -0.1) is 0 Å². The Labute approximate surface area is 104 Å². The van der Waals surface area contributed by atoms with Crippen molar-refractivity contribution >= 4 is 15.9 Å². The van der Waals surface area contributed by atoms with Crippen LogP contribution in [-0.2, 0) is 6.54 Å². The van der Waals surface area contributed by atoms with Crippen molar-refractivity contribution < 1.29 is 4.39 Å². The molecule has 1 aliphatic heterocycles. The fourth-order valence-electron chi connectivity index (χ4n) is 2.11. The SMILES string of the molecule is CNC1CCN(Cc2ccc(Br)c(F)c2)C1. The normalized spacial score (nSPS) is 21.6. The lowest BCUT2D eigenvalue weighted by molar-refractivity contribution is 0.322. The van der Waals surface area contributed by atoms with Gasteiger partial charge in [-0.2, -0.15) is 0 Å². The van der Waals surface area contributed by atoms with E-state index in [0.717, 1.165) is 25.2 Å². The largest absolute Gasteiger partial charge is 0.316 e. The Morgan fingerprint density at radius 2 is 2.38 bits per heavy atom. The van der Waals surface area contributed by atoms with Crippen LogP contribution in [0.15, 0.2) is 22.7 Å². The molecule has 0 radical (unpaired) electrons. The molecule has 0 amide bonds. The van der Waals surface area contributed by atoms with Crippen molar-refractivity contribution in [2.24, 2.45) is 0 Å². The van der Waals surface area contributed by atoms with Crippen LogP contribution in [0.25, 0.3) is 0 Å². The predicted molar refractivity (Wildman–Crippen MR) is 66.8 cm³/mol. The standard InChI is InChI=1S/C12H16BrFN2/c1-15-10-4-5-16(8-10)7-9-2-3-11(13)12(14)6-9/h2-3,6,10,15H,4-5,7-8H2,1H3. The number of likely N-dealkylation sites (N-methyl/N-ethyl adjacent to an activating group) is 1. The van der Waals surface area contributed by atoms with Crippen LogP contribution in [0.3, 0.4) is 0 Å². The number of halogens is 2. The fraction of sp³-hybridized carbons (Fsp3) is 0.500. The molecule has 0 aromatic heterocycles. The second-order valence-corrected chi connectivity index (χ2v) is 5.11. The summed E-state index contributed by atoms with van der Waals surface area (Å²) in [6.45, 7) is 2.97. The molecule has 1 aliphatic rings. The van der Waals surface area contributed by atoms with Gasteiger partial charge < -0.3 is 5.32 Å². The highest BCUT2D eigenvalue weighted by Gasteiger charge is 2.20. The van der Waals surface area contributed by atoms with E-state index in [0.29, 0.717) is 10.5 Å². The van der Waals surface area contributed by atoms with Crippen molar-refractivity contribution in [3.8, 4) is 0 Å². The van der Waals surface area contributed by atoms with Gasteiger partial charge in [0.25, 0.3) is 0 Å². The van der Waals surface area contributed by atoms with Gasteiger partial charge in [-0.25, -0.2) is 4.39 Å². The summed E-state index contributed by atoms with van der Waals surface area (Å²) in [6.07, 6.45) is 1.18. The topological polar surface area (TPSA) is 15.3 Å². The Kier molecular flexibility index (Phi) is 3.95. The van der Waals surface area contributed by atoms with E-state index in [-0.39, 0.29) is 5.82 Å². The number of nitrogens with one attached hydrogen (secondary N) is 1. The summed E-state index contributed by atoms with van der Waals surface area (Å²) in [7, 11) is 1.99. The van der Waals surface area contributed by atoms with E-state index in [1.807, 2.05) is 13.1 Å². The minimum Gasteiger partial charge on any atom is -0.316 e. The molecule has 1 aromatic rings. The molecule has 0 saturated carbocycles. The first-order chi connectivity index (χ1) is 7.69. The van der Waals surface area contributed by atoms with Gasteiger partial charge in [-0.1, -0.05) is 6.07 Å². The number of likely N-dealkylation sites (tertiary alicyclic amines) is 1. The smallest absolute Gasteiger partial charge is 0.137 e. The molecule has 1 atom stereocenters. The van der Waals surface area contributed by atoms with Gasteiger partial charge in [0, 0.05) is 25.7 Å². The van der Waals surface area contributed by atoms with E-state index in [2.05, 4.69) is 26.1 Å². The zero-order chi connectivity index (χ0) is 11.5. The molecule has 0 aliphatic carbocycles. The fourth-order valence-corrected chi connectivity index (χ4v) is 2.35. The van der Waals surface area contributed by atoms with E-state index in [1.54, 1.807) is 12.1 Å². The maximum absolute atomic E-state index is 13.3. The maximum Gasteiger partial charge on any atom is 0.137 e. The molecule has 2 rings (SSSR count). The zero-order valence-electron chi connectivity index (χ0n) is 9.34. The second kappa shape index (κ2) is 5.25. The van der Waals surface area contributed by atoms with Crippen molar-refractivity contribution in [1.29, 1.82) is 0 Å². The van der Waals surface area contributed by atoms with Gasteiger partial charge >= 0.3 is 0 Å². The van der Waals surface area contributed by atoms with Crippen molar-refractivity contribution in [3.63, 3.8) is 0 Å². The van der Waals surface area contributed by atoms with Gasteiger partial charge in [0.2, 0.25) is 0 Å². The highest BCUT2D eigenvalue weighted by Crippen LogP contribution is 2.19.